The molecule has 0 saturated carbocycles. The van der Waals surface area contributed by atoms with E-state index >= 15 is 0 Å². The Balaban J connectivity index is 2.25. The van der Waals surface area contributed by atoms with E-state index in [1.165, 1.54) is 4.90 Å². The number of rotatable bonds is 1. The van der Waals surface area contributed by atoms with Gasteiger partial charge >= 0.3 is 6.09 Å². The Kier molecular flexibility index (Phi) is 2.29. The average molecular weight is 205 g/mol. The monoisotopic (exact) mass is 205 g/mol. The van der Waals surface area contributed by atoms with Crippen LogP contribution < -0.4 is 5.73 Å². The summed E-state index contributed by atoms with van der Waals surface area (Å²) in [6.07, 6.45) is -0.392. The lowest BCUT2D eigenvalue weighted by Crippen LogP contribution is -2.34. The fourth-order valence-corrected chi connectivity index (χ4v) is 1.20. The summed E-state index contributed by atoms with van der Waals surface area (Å²) in [5.41, 5.74) is 6.97. The molecule has 0 atom stereocenters. The van der Waals surface area contributed by atoms with Gasteiger partial charge < -0.3 is 10.5 Å². The molecule has 1 aliphatic heterocycles. The first-order valence-corrected chi connectivity index (χ1v) is 4.50. The molecule has 0 spiro atoms. The number of aliphatic imine (C=N–C) groups is 1. The van der Waals surface area contributed by atoms with Gasteiger partial charge in [0.25, 0.3) is 0 Å². The fraction of sp³-hybridized carbons (Fsp3) is 0.200. The number of amides is 1. The maximum atomic E-state index is 11.2. The van der Waals surface area contributed by atoms with Crippen LogP contribution in [0.2, 0.25) is 0 Å². The molecule has 5 nitrogen and oxygen atoms in total. The standard InChI is InChI=1S/C10H11N3O2/c1-13-6-12-9(15-10(13)14)7-2-4-8(11)5-3-7/h2-5H,6,11H2,1H3. The number of nitrogens with zero attached hydrogens (tertiary/aromatic N) is 2. The van der Waals surface area contributed by atoms with E-state index in [1.54, 1.807) is 31.3 Å². The van der Waals surface area contributed by atoms with Crippen LogP contribution in [0.4, 0.5) is 10.5 Å². The van der Waals surface area contributed by atoms with Crippen molar-refractivity contribution in [3.63, 3.8) is 0 Å². The van der Waals surface area contributed by atoms with Crippen molar-refractivity contribution in [1.82, 2.24) is 4.90 Å². The van der Waals surface area contributed by atoms with Gasteiger partial charge in [0.15, 0.2) is 0 Å². The van der Waals surface area contributed by atoms with Crippen LogP contribution in [0.1, 0.15) is 5.56 Å². The van der Waals surface area contributed by atoms with E-state index < -0.39 is 6.09 Å². The topological polar surface area (TPSA) is 67.9 Å². The molecule has 0 aromatic heterocycles. The Labute approximate surface area is 87.2 Å². The highest BCUT2D eigenvalue weighted by Crippen LogP contribution is 2.11. The summed E-state index contributed by atoms with van der Waals surface area (Å²) in [5, 5.41) is 0. The normalized spacial score (nSPS) is 15.9. The lowest BCUT2D eigenvalue weighted by Gasteiger charge is -2.20. The molecule has 0 bridgehead atoms. The number of hydrogen-bond donors (Lipinski definition) is 1. The van der Waals surface area contributed by atoms with Gasteiger partial charge in [0, 0.05) is 18.3 Å². The lowest BCUT2D eigenvalue weighted by molar-refractivity contribution is 0.153. The number of nitrogen functional groups attached to an aromatic ring is 1. The summed E-state index contributed by atoms with van der Waals surface area (Å²) in [4.78, 5) is 16.8. The van der Waals surface area contributed by atoms with Crippen LogP contribution >= 0.6 is 0 Å². The minimum Gasteiger partial charge on any atom is -0.399 e. The Hall–Kier alpha value is -2.04. The zero-order chi connectivity index (χ0) is 10.8. The summed E-state index contributed by atoms with van der Waals surface area (Å²) >= 11 is 0. The molecule has 0 saturated heterocycles. The second kappa shape index (κ2) is 3.61. The van der Waals surface area contributed by atoms with E-state index in [-0.39, 0.29) is 0 Å². The van der Waals surface area contributed by atoms with E-state index in [2.05, 4.69) is 4.99 Å². The Morgan fingerprint density at radius 2 is 2.07 bits per heavy atom. The predicted molar refractivity (Wildman–Crippen MR) is 56.5 cm³/mol. The molecular formula is C10H11N3O2. The third-order valence-corrected chi connectivity index (χ3v) is 2.08. The van der Waals surface area contributed by atoms with Crippen LogP contribution in [0.25, 0.3) is 0 Å². The van der Waals surface area contributed by atoms with E-state index in [0.29, 0.717) is 18.3 Å². The Morgan fingerprint density at radius 1 is 1.40 bits per heavy atom. The third kappa shape index (κ3) is 1.90. The first-order valence-electron chi connectivity index (χ1n) is 4.50. The van der Waals surface area contributed by atoms with Crippen LogP contribution in [0.15, 0.2) is 29.3 Å². The van der Waals surface area contributed by atoms with Crippen molar-refractivity contribution < 1.29 is 9.53 Å². The Bertz CT molecular complexity index is 411. The van der Waals surface area contributed by atoms with Gasteiger partial charge in [-0.3, -0.25) is 4.90 Å². The molecule has 1 heterocycles. The molecule has 2 N–H and O–H groups in total. The average Bonchev–Trinajstić information content (AvgIpc) is 2.23. The van der Waals surface area contributed by atoms with E-state index in [4.69, 9.17) is 10.5 Å². The molecule has 15 heavy (non-hydrogen) atoms. The van der Waals surface area contributed by atoms with Crippen molar-refractivity contribution in [1.29, 1.82) is 0 Å². The van der Waals surface area contributed by atoms with E-state index in [0.717, 1.165) is 5.56 Å². The summed E-state index contributed by atoms with van der Waals surface area (Å²) < 4.78 is 5.02. The van der Waals surface area contributed by atoms with Gasteiger partial charge in [0.2, 0.25) is 5.90 Å². The first-order chi connectivity index (χ1) is 7.16. The number of carbonyl (C=O) groups is 1. The fourth-order valence-electron chi connectivity index (χ4n) is 1.20. The van der Waals surface area contributed by atoms with Gasteiger partial charge in [-0.15, -0.1) is 0 Å². The van der Waals surface area contributed by atoms with Gasteiger partial charge in [-0.1, -0.05) is 0 Å². The number of ether oxygens (including phenoxy) is 1. The first kappa shape index (κ1) is 9.51. The Morgan fingerprint density at radius 3 is 2.67 bits per heavy atom. The zero-order valence-electron chi connectivity index (χ0n) is 8.30. The third-order valence-electron chi connectivity index (χ3n) is 2.08. The lowest BCUT2D eigenvalue weighted by atomic mass is 10.2. The van der Waals surface area contributed by atoms with Gasteiger partial charge in [-0.2, -0.15) is 0 Å². The van der Waals surface area contributed by atoms with Gasteiger partial charge in [0.05, 0.1) is 0 Å². The number of carbonyl (C=O) groups excluding carboxylic acids is 1. The number of anilines is 1. The van der Waals surface area contributed by atoms with Crippen molar-refractivity contribution in [3.8, 4) is 0 Å². The van der Waals surface area contributed by atoms with Crippen molar-refractivity contribution >= 4 is 17.7 Å². The summed E-state index contributed by atoms with van der Waals surface area (Å²) in [5.74, 6) is 0.345. The van der Waals surface area contributed by atoms with Crippen LogP contribution in [0, 0.1) is 0 Å². The van der Waals surface area contributed by atoms with Gasteiger partial charge in [0.1, 0.15) is 6.67 Å². The van der Waals surface area contributed by atoms with E-state index in [1.807, 2.05) is 0 Å². The summed E-state index contributed by atoms with van der Waals surface area (Å²) in [6, 6.07) is 7.02. The predicted octanol–water partition coefficient (Wildman–Crippen LogP) is 1.05. The molecule has 1 amide bonds. The molecule has 2 rings (SSSR count). The minimum atomic E-state index is -0.392. The number of benzene rings is 1. The highest BCUT2D eigenvalue weighted by molar-refractivity contribution is 6.01. The molecule has 1 aromatic rings. The maximum Gasteiger partial charge on any atom is 0.417 e. The largest absolute Gasteiger partial charge is 0.417 e. The van der Waals surface area contributed by atoms with Crippen LogP contribution in [0.3, 0.4) is 0 Å². The molecule has 1 aliphatic rings. The molecule has 0 fully saturated rings. The molecule has 5 heteroatoms. The second-order valence-electron chi connectivity index (χ2n) is 3.29. The summed E-state index contributed by atoms with van der Waals surface area (Å²) in [6.45, 7) is 0.318. The summed E-state index contributed by atoms with van der Waals surface area (Å²) in [7, 11) is 1.63. The second-order valence-corrected chi connectivity index (χ2v) is 3.29. The SMILES string of the molecule is CN1CN=C(c2ccc(N)cc2)OC1=O. The van der Waals surface area contributed by atoms with Crippen LogP contribution in [-0.4, -0.2) is 30.6 Å². The molecule has 0 radical (unpaired) electrons. The molecule has 1 aromatic carbocycles. The minimum absolute atomic E-state index is 0.318. The molecule has 0 unspecified atom stereocenters. The van der Waals surface area contributed by atoms with Gasteiger partial charge in [-0.05, 0) is 24.3 Å². The quantitative estimate of drug-likeness (QED) is 0.697. The van der Waals surface area contributed by atoms with Crippen molar-refractivity contribution in [3.05, 3.63) is 29.8 Å². The molecule has 78 valence electrons. The van der Waals surface area contributed by atoms with Crippen LogP contribution in [0.5, 0.6) is 0 Å². The number of cyclic esters (lactones) is 1. The zero-order valence-corrected chi connectivity index (χ0v) is 8.30. The molecule has 0 aliphatic carbocycles. The maximum absolute atomic E-state index is 11.2. The molecular weight excluding hydrogens is 194 g/mol. The van der Waals surface area contributed by atoms with Crippen LogP contribution in [-0.2, 0) is 4.74 Å². The van der Waals surface area contributed by atoms with Crippen molar-refractivity contribution in [2.24, 2.45) is 4.99 Å². The number of hydrogen-bond acceptors (Lipinski definition) is 4. The highest BCUT2D eigenvalue weighted by atomic mass is 16.6. The smallest absolute Gasteiger partial charge is 0.399 e. The number of nitrogens with two attached hydrogens (primary N) is 1. The van der Waals surface area contributed by atoms with E-state index in [9.17, 15) is 4.79 Å². The van der Waals surface area contributed by atoms with Gasteiger partial charge in [-0.25, -0.2) is 9.79 Å². The van der Waals surface area contributed by atoms with Crippen molar-refractivity contribution in [2.75, 3.05) is 19.5 Å². The highest BCUT2D eigenvalue weighted by Gasteiger charge is 2.19. The van der Waals surface area contributed by atoms with Crippen molar-refractivity contribution in [2.45, 2.75) is 0 Å².